The van der Waals surface area contributed by atoms with E-state index in [0.717, 1.165) is 16.4 Å². The molecule has 1 heterocycles. The van der Waals surface area contributed by atoms with Crippen LogP contribution in [0.15, 0.2) is 46.9 Å². The Hall–Kier alpha value is -2.09. The molecular weight excluding hydrogens is 212 g/mol. The van der Waals surface area contributed by atoms with Gasteiger partial charge in [0, 0.05) is 6.07 Å². The van der Waals surface area contributed by atoms with Crippen LogP contribution in [0.5, 0.6) is 5.75 Å². The normalized spacial score (nSPS) is 14.1. The molecule has 84 valence electrons. The van der Waals surface area contributed by atoms with E-state index in [0.29, 0.717) is 6.79 Å². The third-order valence-electron chi connectivity index (χ3n) is 2.81. The van der Waals surface area contributed by atoms with Crippen LogP contribution in [0.3, 0.4) is 0 Å². The highest BCUT2D eigenvalue weighted by Crippen LogP contribution is 2.06. The van der Waals surface area contributed by atoms with Crippen molar-refractivity contribution in [1.29, 1.82) is 0 Å². The Kier molecular flexibility index (Phi) is 2.41. The van der Waals surface area contributed by atoms with Gasteiger partial charge >= 0.3 is 12.2 Å². The predicted molar refractivity (Wildman–Crippen MR) is 68.2 cm³/mol. The number of aryl methyl sites for hydroxylation is 1. The standard InChI is InChI=1S/C15H13O2/c1-11-2-4-12(5-3-11)8-13-6-7-14-15(9-13)17-10-16-14/h2-9H,10H2,1H3/q+1/b13-8-. The second-order valence-electron chi connectivity index (χ2n) is 4.17. The van der Waals surface area contributed by atoms with Gasteiger partial charge in [0.15, 0.2) is 0 Å². The van der Waals surface area contributed by atoms with Crippen molar-refractivity contribution in [3.63, 3.8) is 0 Å². The van der Waals surface area contributed by atoms with Crippen LogP contribution >= 0.6 is 0 Å². The molecule has 2 aromatic rings. The molecule has 0 amide bonds. The summed E-state index contributed by atoms with van der Waals surface area (Å²) in [6.45, 7) is 2.41. The summed E-state index contributed by atoms with van der Waals surface area (Å²) in [5.74, 6) is 0.825. The minimum absolute atomic E-state index is 0.323. The fourth-order valence-electron chi connectivity index (χ4n) is 1.86. The zero-order valence-corrected chi connectivity index (χ0v) is 9.64. The van der Waals surface area contributed by atoms with Gasteiger partial charge in [0.1, 0.15) is 0 Å². The van der Waals surface area contributed by atoms with Crippen molar-refractivity contribution >= 4 is 6.08 Å². The maximum absolute atomic E-state index is 5.35. The highest BCUT2D eigenvalue weighted by Gasteiger charge is 2.14. The molecule has 0 atom stereocenters. The number of benzene rings is 2. The van der Waals surface area contributed by atoms with E-state index in [1.807, 2.05) is 18.2 Å². The van der Waals surface area contributed by atoms with E-state index >= 15 is 0 Å². The van der Waals surface area contributed by atoms with Crippen LogP contribution in [0.4, 0.5) is 0 Å². The summed E-state index contributed by atoms with van der Waals surface area (Å²) in [5.41, 5.74) is 3.29. The minimum atomic E-state index is 0.323. The van der Waals surface area contributed by atoms with Crippen molar-refractivity contribution in [2.24, 2.45) is 0 Å². The van der Waals surface area contributed by atoms with Gasteiger partial charge in [0.25, 0.3) is 0 Å². The Morgan fingerprint density at radius 3 is 2.76 bits per heavy atom. The number of fused-ring (bicyclic) bond motifs is 1. The summed E-state index contributed by atoms with van der Waals surface area (Å²) in [6.07, 6.45) is 2.13. The van der Waals surface area contributed by atoms with Gasteiger partial charge in [-0.25, -0.2) is 4.42 Å². The van der Waals surface area contributed by atoms with E-state index in [9.17, 15) is 0 Å². The van der Waals surface area contributed by atoms with Gasteiger partial charge in [-0.2, -0.15) is 0 Å². The predicted octanol–water partition coefficient (Wildman–Crippen LogP) is 1.79. The van der Waals surface area contributed by atoms with Crippen LogP contribution in [0, 0.1) is 6.92 Å². The van der Waals surface area contributed by atoms with Crippen LogP contribution in [-0.4, -0.2) is 6.79 Å². The first-order valence-corrected chi connectivity index (χ1v) is 5.62. The van der Waals surface area contributed by atoms with Crippen molar-refractivity contribution in [1.82, 2.24) is 0 Å². The lowest BCUT2D eigenvalue weighted by atomic mass is 10.1. The third-order valence-corrected chi connectivity index (χ3v) is 2.81. The lowest BCUT2D eigenvalue weighted by molar-refractivity contribution is 0.371. The average molecular weight is 225 g/mol. The maximum atomic E-state index is 5.35. The Morgan fingerprint density at radius 2 is 1.94 bits per heavy atom. The van der Waals surface area contributed by atoms with E-state index < -0.39 is 0 Å². The van der Waals surface area contributed by atoms with Crippen LogP contribution in [0.2, 0.25) is 0 Å². The van der Waals surface area contributed by atoms with Crippen LogP contribution in [-0.2, 0) is 0 Å². The average Bonchev–Trinajstić information content (AvgIpc) is 2.79. The Bertz CT molecular complexity index is 654. The monoisotopic (exact) mass is 225 g/mol. The number of ether oxygens (including phenoxy) is 1. The van der Waals surface area contributed by atoms with Gasteiger partial charge in [-0.1, -0.05) is 29.8 Å². The summed E-state index contributed by atoms with van der Waals surface area (Å²) >= 11 is 0. The van der Waals surface area contributed by atoms with Crippen molar-refractivity contribution in [3.8, 4) is 5.75 Å². The zero-order valence-electron chi connectivity index (χ0n) is 9.64. The first kappa shape index (κ1) is 10.1. The number of hydrogen-bond acceptors (Lipinski definition) is 1. The van der Waals surface area contributed by atoms with Crippen molar-refractivity contribution < 1.29 is 4.74 Å². The van der Waals surface area contributed by atoms with E-state index in [-0.39, 0.29) is 0 Å². The molecule has 2 aromatic carbocycles. The first-order valence-electron chi connectivity index (χ1n) is 5.62. The summed E-state index contributed by atoms with van der Waals surface area (Å²) in [5, 5.41) is 1.12. The van der Waals surface area contributed by atoms with E-state index in [1.54, 1.807) is 0 Å². The molecule has 1 aliphatic heterocycles. The molecule has 3 rings (SSSR count). The van der Waals surface area contributed by atoms with Crippen molar-refractivity contribution in [3.05, 3.63) is 68.7 Å². The molecule has 0 spiro atoms. The molecule has 0 aliphatic carbocycles. The highest BCUT2D eigenvalue weighted by molar-refractivity contribution is 5.50. The molecule has 0 saturated carbocycles. The fourth-order valence-corrected chi connectivity index (χ4v) is 1.86. The zero-order chi connectivity index (χ0) is 11.7. The molecule has 1 aliphatic rings. The van der Waals surface area contributed by atoms with Gasteiger partial charge in [-0.3, -0.25) is 0 Å². The molecule has 0 N–H and O–H groups in total. The van der Waals surface area contributed by atoms with E-state index in [2.05, 4.69) is 37.3 Å². The molecule has 0 fully saturated rings. The summed E-state index contributed by atoms with van der Waals surface area (Å²) in [4.78, 5) is 0. The van der Waals surface area contributed by atoms with Gasteiger partial charge in [0.05, 0.1) is 0 Å². The summed E-state index contributed by atoms with van der Waals surface area (Å²) < 4.78 is 10.6. The summed E-state index contributed by atoms with van der Waals surface area (Å²) in [7, 11) is 0. The van der Waals surface area contributed by atoms with Crippen molar-refractivity contribution in [2.75, 3.05) is 6.79 Å². The fraction of sp³-hybridized carbons (Fsp3) is 0.133. The highest BCUT2D eigenvalue weighted by atomic mass is 16.6. The van der Waals surface area contributed by atoms with Gasteiger partial charge < -0.3 is 4.74 Å². The summed E-state index contributed by atoms with van der Waals surface area (Å²) in [6, 6.07) is 14.4. The third kappa shape index (κ3) is 2.07. The maximum Gasteiger partial charge on any atom is 0.412 e. The molecular formula is C15H13O2+. The Balaban J connectivity index is 2.05. The van der Waals surface area contributed by atoms with Gasteiger partial charge in [-0.05, 0) is 35.9 Å². The smallest absolute Gasteiger partial charge is 0.403 e. The second-order valence-corrected chi connectivity index (χ2v) is 4.17. The van der Waals surface area contributed by atoms with E-state index in [1.165, 1.54) is 11.1 Å². The van der Waals surface area contributed by atoms with Gasteiger partial charge in [0.2, 0.25) is 5.75 Å². The minimum Gasteiger partial charge on any atom is -0.403 e. The lowest BCUT2D eigenvalue weighted by Crippen LogP contribution is -2.07. The first-order chi connectivity index (χ1) is 8.31. The lowest BCUT2D eigenvalue weighted by Gasteiger charge is -1.94. The molecule has 17 heavy (non-hydrogen) atoms. The molecule has 0 radical (unpaired) electrons. The molecule has 0 unspecified atom stereocenters. The van der Waals surface area contributed by atoms with Crippen LogP contribution in [0.1, 0.15) is 11.1 Å². The quantitative estimate of drug-likeness (QED) is 0.678. The molecule has 0 bridgehead atoms. The Labute approximate surface area is 99.5 Å². The largest absolute Gasteiger partial charge is 0.412 e. The number of hydrogen-bond donors (Lipinski definition) is 0. The second kappa shape index (κ2) is 4.06. The molecule has 2 nitrogen and oxygen atoms in total. The van der Waals surface area contributed by atoms with E-state index in [4.69, 9.17) is 9.16 Å². The molecule has 0 aromatic heterocycles. The molecule has 0 saturated heterocycles. The topological polar surface area (TPSA) is 20.5 Å². The molecule has 2 heteroatoms. The van der Waals surface area contributed by atoms with Crippen LogP contribution < -0.4 is 15.4 Å². The Morgan fingerprint density at radius 1 is 1.12 bits per heavy atom. The SMILES string of the molecule is Cc1ccc(/C=c2/ccc3c(c2)OC[O+]=3)cc1. The van der Waals surface area contributed by atoms with Gasteiger partial charge in [-0.15, -0.1) is 0 Å². The van der Waals surface area contributed by atoms with Crippen molar-refractivity contribution in [2.45, 2.75) is 6.92 Å². The van der Waals surface area contributed by atoms with Crippen LogP contribution in [0.25, 0.3) is 6.08 Å². The number of rotatable bonds is 1.